The lowest BCUT2D eigenvalue weighted by atomic mass is 9.67. The summed E-state index contributed by atoms with van der Waals surface area (Å²) in [5.41, 5.74) is 20.4. The van der Waals surface area contributed by atoms with Crippen LogP contribution in [0.2, 0.25) is 0 Å². The van der Waals surface area contributed by atoms with Crippen molar-refractivity contribution < 1.29 is 4.42 Å². The molecule has 0 bridgehead atoms. The van der Waals surface area contributed by atoms with E-state index < -0.39 is 5.41 Å². The summed E-state index contributed by atoms with van der Waals surface area (Å²) in [5.74, 6) is 0.689. The zero-order valence-electron chi connectivity index (χ0n) is 36.2. The predicted octanol–water partition coefficient (Wildman–Crippen LogP) is 16.9. The van der Waals surface area contributed by atoms with Crippen molar-refractivity contribution in [1.82, 2.24) is 0 Å². The number of para-hydroxylation sites is 1. The number of rotatable bonds is 7. The van der Waals surface area contributed by atoms with Crippen molar-refractivity contribution in [2.24, 2.45) is 5.92 Å². The van der Waals surface area contributed by atoms with E-state index in [2.05, 4.69) is 220 Å². The van der Waals surface area contributed by atoms with E-state index in [1.54, 1.807) is 0 Å². The molecule has 1 heteroatoms. The molecule has 9 aromatic rings. The van der Waals surface area contributed by atoms with Crippen LogP contribution < -0.4 is 0 Å². The van der Waals surface area contributed by atoms with E-state index in [0.29, 0.717) is 11.8 Å². The van der Waals surface area contributed by atoms with Crippen LogP contribution in [0, 0.1) is 5.92 Å². The fraction of sp³-hybridized carbons (Fsp3) is 0.161. The molecule has 2 atom stereocenters. The molecule has 0 spiro atoms. The largest absolute Gasteiger partial charge is 0.456 e. The third-order valence-electron chi connectivity index (χ3n) is 14.4. The first-order chi connectivity index (χ1) is 31.1. The summed E-state index contributed by atoms with van der Waals surface area (Å²) >= 11 is 0. The summed E-state index contributed by atoms with van der Waals surface area (Å²) in [6.07, 6.45) is 7.65. The SMILES string of the molecule is CC[C@@H]1/C(c2ccccc2)=C\CC/C(c2cc3c(cc2-c2ccccc2)-c2ccccc2C3(c2ccccc2)c2ccccc2)=C(\C)CCC1c1ccc2oc3ccccc3c2c1. The molecule has 0 saturated heterocycles. The second kappa shape index (κ2) is 16.4. The first-order valence-corrected chi connectivity index (χ1v) is 22.9. The van der Waals surface area contributed by atoms with Crippen LogP contribution in [-0.2, 0) is 5.41 Å². The molecule has 1 heterocycles. The maximum absolute atomic E-state index is 6.35. The minimum absolute atomic E-state index is 0.320. The molecule has 1 unspecified atom stereocenters. The van der Waals surface area contributed by atoms with Crippen LogP contribution in [0.5, 0.6) is 0 Å². The summed E-state index contributed by atoms with van der Waals surface area (Å²) < 4.78 is 6.35. The van der Waals surface area contributed by atoms with E-state index in [1.165, 1.54) is 88.7 Å². The van der Waals surface area contributed by atoms with E-state index in [9.17, 15) is 0 Å². The maximum Gasteiger partial charge on any atom is 0.135 e. The van der Waals surface area contributed by atoms with Crippen LogP contribution in [0.4, 0.5) is 0 Å². The highest BCUT2D eigenvalue weighted by atomic mass is 16.3. The van der Waals surface area contributed by atoms with Gasteiger partial charge in [0.2, 0.25) is 0 Å². The molecule has 1 nitrogen and oxygen atoms in total. The maximum atomic E-state index is 6.35. The van der Waals surface area contributed by atoms with Crippen LogP contribution in [0.15, 0.2) is 216 Å². The monoisotopic (exact) mass is 812 g/mol. The lowest BCUT2D eigenvalue weighted by Gasteiger charge is -2.34. The Kier molecular flexibility index (Phi) is 10.1. The van der Waals surface area contributed by atoms with Gasteiger partial charge in [0, 0.05) is 10.8 Å². The van der Waals surface area contributed by atoms with Crippen molar-refractivity contribution in [1.29, 1.82) is 0 Å². The Balaban J connectivity index is 1.13. The average Bonchev–Trinajstić information content (AvgIpc) is 3.87. The van der Waals surface area contributed by atoms with Crippen molar-refractivity contribution in [3.8, 4) is 22.3 Å². The molecule has 1 aromatic heterocycles. The molecular weight excluding hydrogens is 761 g/mol. The highest BCUT2D eigenvalue weighted by Gasteiger charge is 2.46. The topological polar surface area (TPSA) is 13.1 Å². The van der Waals surface area contributed by atoms with Crippen LogP contribution in [-0.4, -0.2) is 0 Å². The average molecular weight is 813 g/mol. The summed E-state index contributed by atoms with van der Waals surface area (Å²) in [6.45, 7) is 4.82. The Morgan fingerprint density at radius 3 is 1.84 bits per heavy atom. The van der Waals surface area contributed by atoms with Gasteiger partial charge in [0.1, 0.15) is 11.2 Å². The highest BCUT2D eigenvalue weighted by Crippen LogP contribution is 2.58. The molecular formula is C62H52O. The minimum Gasteiger partial charge on any atom is -0.456 e. The number of fused-ring (bicyclic) bond motifs is 6. The van der Waals surface area contributed by atoms with Crippen molar-refractivity contribution in [3.63, 3.8) is 0 Å². The van der Waals surface area contributed by atoms with E-state index in [4.69, 9.17) is 4.42 Å². The molecule has 0 saturated carbocycles. The lowest BCUT2D eigenvalue weighted by Crippen LogP contribution is -2.28. The summed E-state index contributed by atoms with van der Waals surface area (Å²) in [4.78, 5) is 0. The highest BCUT2D eigenvalue weighted by molar-refractivity contribution is 6.05. The van der Waals surface area contributed by atoms with E-state index in [0.717, 1.165) is 43.3 Å². The number of hydrogen-bond donors (Lipinski definition) is 0. The summed E-state index contributed by atoms with van der Waals surface area (Å²) in [5, 5.41) is 2.40. The molecule has 11 rings (SSSR count). The van der Waals surface area contributed by atoms with Crippen LogP contribution in [0.3, 0.4) is 0 Å². The standard InChI is InChI=1S/C62H52O/c1-3-48-50(43-21-8-4-9-22-43)32-20-31-49(42(2)35-37-51(48)45-36-38-61-57(39-45)53-30-17-19-34-60(53)63-61)55-41-59-56(40-54(55)44-23-10-5-11-24-44)52-29-16-18-33-58(52)62(59,46-25-12-6-13-26-46)47-27-14-7-15-28-47/h4-19,21-30,32-34,36,38-41,48,51H,3,20,31,35,37H2,1-2H3/b49-42-,50-32-/t48-,51?/m1/s1. The minimum atomic E-state index is -0.474. The zero-order chi connectivity index (χ0) is 42.3. The van der Waals surface area contributed by atoms with Crippen LogP contribution >= 0.6 is 0 Å². The quantitative estimate of drug-likeness (QED) is 0.156. The van der Waals surface area contributed by atoms with Gasteiger partial charge in [0.15, 0.2) is 0 Å². The molecule has 0 N–H and O–H groups in total. The van der Waals surface area contributed by atoms with Gasteiger partial charge in [-0.3, -0.25) is 0 Å². The van der Waals surface area contributed by atoms with Gasteiger partial charge in [-0.25, -0.2) is 0 Å². The Morgan fingerprint density at radius 1 is 0.508 bits per heavy atom. The molecule has 2 aliphatic carbocycles. The second-order valence-electron chi connectivity index (χ2n) is 17.7. The van der Waals surface area contributed by atoms with Gasteiger partial charge in [-0.15, -0.1) is 0 Å². The molecule has 0 amide bonds. The first-order valence-electron chi connectivity index (χ1n) is 22.9. The Morgan fingerprint density at radius 2 is 1.13 bits per heavy atom. The molecule has 306 valence electrons. The second-order valence-corrected chi connectivity index (χ2v) is 17.7. The third-order valence-corrected chi connectivity index (χ3v) is 14.4. The van der Waals surface area contributed by atoms with Crippen molar-refractivity contribution >= 4 is 33.1 Å². The van der Waals surface area contributed by atoms with E-state index in [1.807, 2.05) is 0 Å². The predicted molar refractivity (Wildman–Crippen MR) is 265 cm³/mol. The van der Waals surface area contributed by atoms with Crippen LogP contribution in [0.25, 0.3) is 55.3 Å². The molecule has 63 heavy (non-hydrogen) atoms. The van der Waals surface area contributed by atoms with Gasteiger partial charge in [-0.2, -0.15) is 0 Å². The number of furan rings is 1. The van der Waals surface area contributed by atoms with Gasteiger partial charge in [-0.1, -0.05) is 188 Å². The normalized spacial score (nSPS) is 19.3. The fourth-order valence-corrected chi connectivity index (χ4v) is 11.5. The first kappa shape index (κ1) is 38.9. The van der Waals surface area contributed by atoms with Gasteiger partial charge >= 0.3 is 0 Å². The third kappa shape index (κ3) is 6.61. The van der Waals surface area contributed by atoms with Gasteiger partial charge in [-0.05, 0) is 154 Å². The molecule has 8 aromatic carbocycles. The molecule has 0 radical (unpaired) electrons. The van der Waals surface area contributed by atoms with Gasteiger partial charge in [0.25, 0.3) is 0 Å². The van der Waals surface area contributed by atoms with Crippen molar-refractivity contribution in [2.75, 3.05) is 0 Å². The van der Waals surface area contributed by atoms with E-state index >= 15 is 0 Å². The van der Waals surface area contributed by atoms with Gasteiger partial charge in [0.05, 0.1) is 5.41 Å². The summed E-state index contributed by atoms with van der Waals surface area (Å²) in [7, 11) is 0. The summed E-state index contributed by atoms with van der Waals surface area (Å²) in [6, 6.07) is 74.6. The fourth-order valence-electron chi connectivity index (χ4n) is 11.5. The van der Waals surface area contributed by atoms with Gasteiger partial charge < -0.3 is 4.42 Å². The van der Waals surface area contributed by atoms with E-state index in [-0.39, 0.29) is 0 Å². The number of allylic oxidation sites excluding steroid dienone is 4. The lowest BCUT2D eigenvalue weighted by molar-refractivity contribution is 0.474. The number of hydrogen-bond acceptors (Lipinski definition) is 1. The van der Waals surface area contributed by atoms with Crippen molar-refractivity contribution in [2.45, 2.75) is 57.3 Å². The molecule has 0 aliphatic heterocycles. The molecule has 2 aliphatic rings. The smallest absolute Gasteiger partial charge is 0.135 e. The van der Waals surface area contributed by atoms with Crippen LogP contribution in [0.1, 0.15) is 90.8 Å². The molecule has 0 fully saturated rings. The Bertz CT molecular complexity index is 3110. The Labute approximate surface area is 372 Å². The van der Waals surface area contributed by atoms with Crippen molar-refractivity contribution in [3.05, 3.63) is 251 Å². The number of benzene rings is 8. The zero-order valence-corrected chi connectivity index (χ0v) is 36.2. The Hall–Kier alpha value is -6.96.